The minimum absolute atomic E-state index is 0.0550. The molecule has 6 nitrogen and oxygen atoms in total. The highest BCUT2D eigenvalue weighted by Gasteiger charge is 2.03. The van der Waals surface area contributed by atoms with Crippen LogP contribution in [0.15, 0.2) is 12.7 Å². The smallest absolute Gasteiger partial charge is 0.192 e. The Balaban J connectivity index is 3.03. The highest BCUT2D eigenvalue weighted by Crippen LogP contribution is 2.00. The van der Waals surface area contributed by atoms with Gasteiger partial charge in [-0.05, 0) is 0 Å². The molecule has 12 heavy (non-hydrogen) atoms. The largest absolute Gasteiger partial charge is 0.425 e. The number of aromatic nitrogens is 4. The lowest BCUT2D eigenvalue weighted by molar-refractivity contribution is 0.168. The molecule has 0 atom stereocenters. The molecule has 0 aromatic carbocycles. The molecule has 0 saturated heterocycles. The molecule has 2 N–H and O–H groups in total. The van der Waals surface area contributed by atoms with Crippen LogP contribution in [0.25, 0.3) is 11.2 Å². The quantitative estimate of drug-likeness (QED) is 0.516. The van der Waals surface area contributed by atoms with Crippen molar-refractivity contribution in [2.24, 2.45) is 7.05 Å². The van der Waals surface area contributed by atoms with Crippen LogP contribution in [-0.2, 0) is 7.05 Å². The zero-order valence-corrected chi connectivity index (χ0v) is 6.39. The first-order chi connectivity index (χ1) is 5.70. The summed E-state index contributed by atoms with van der Waals surface area (Å²) in [5.41, 5.74) is 0.924. The predicted octanol–water partition coefficient (Wildman–Crippen LogP) is -0.513. The molecule has 0 fully saturated rings. The third-order valence-corrected chi connectivity index (χ3v) is 1.65. The van der Waals surface area contributed by atoms with E-state index in [1.54, 1.807) is 17.9 Å². The highest BCUT2D eigenvalue weighted by atomic mass is 16.5. The van der Waals surface area contributed by atoms with Gasteiger partial charge < -0.3 is 9.77 Å². The number of hydrogen-bond acceptors (Lipinski definition) is 4. The summed E-state index contributed by atoms with van der Waals surface area (Å²) in [5.74, 6) is 0. The van der Waals surface area contributed by atoms with Crippen molar-refractivity contribution in [1.82, 2.24) is 19.3 Å². The van der Waals surface area contributed by atoms with Gasteiger partial charge in [0.25, 0.3) is 0 Å². The van der Waals surface area contributed by atoms with Gasteiger partial charge in [-0.2, -0.15) is 4.73 Å². The molecule has 0 amide bonds. The van der Waals surface area contributed by atoms with Crippen molar-refractivity contribution in [3.8, 4) is 0 Å². The van der Waals surface area contributed by atoms with E-state index < -0.39 is 0 Å². The molecule has 2 aromatic rings. The molecule has 0 bridgehead atoms. The molecule has 0 unspecified atom stereocenters. The zero-order chi connectivity index (χ0) is 8.72. The summed E-state index contributed by atoms with van der Waals surface area (Å²) in [5, 5.41) is 16.4. The normalized spacial score (nSPS) is 10.8. The molecule has 2 rings (SSSR count). The second-order valence-electron chi connectivity index (χ2n) is 2.47. The summed E-state index contributed by atoms with van der Waals surface area (Å²) in [6.45, 7) is 0. The second kappa shape index (κ2) is 2.07. The fraction of sp³-hybridized carbons (Fsp3) is 0.167. The Morgan fingerprint density at radius 3 is 2.92 bits per heavy atom. The van der Waals surface area contributed by atoms with Crippen LogP contribution in [0.2, 0.25) is 0 Å². The number of nitrogens with one attached hydrogen (secondary N) is 1. The number of hydrogen-bond donors (Lipinski definition) is 2. The molecule has 0 aliphatic rings. The van der Waals surface area contributed by atoms with E-state index >= 15 is 0 Å². The molecule has 0 spiro atoms. The summed E-state index contributed by atoms with van der Waals surface area (Å²) < 4.78 is 2.32. The van der Waals surface area contributed by atoms with Crippen LogP contribution in [0, 0.1) is 5.41 Å². The van der Waals surface area contributed by atoms with E-state index in [0.717, 1.165) is 0 Å². The van der Waals surface area contributed by atoms with Crippen LogP contribution in [0.1, 0.15) is 0 Å². The van der Waals surface area contributed by atoms with Gasteiger partial charge in [-0.25, -0.2) is 9.97 Å². The fourth-order valence-corrected chi connectivity index (χ4v) is 1.02. The number of aryl methyl sites for hydroxylation is 1. The Hall–Kier alpha value is -1.85. The Bertz CT molecular complexity index is 482. The molecule has 2 heterocycles. The topological polar surface area (TPSA) is 79.7 Å². The van der Waals surface area contributed by atoms with Crippen LogP contribution in [0.4, 0.5) is 0 Å². The number of rotatable bonds is 0. The molecular formula is C6H7N5O. The lowest BCUT2D eigenvalue weighted by Gasteiger charge is -1.96. The SMILES string of the molecule is Cn1cnc2c(=N)n(O)cnc21. The zero-order valence-electron chi connectivity index (χ0n) is 6.39. The third kappa shape index (κ3) is 0.714. The summed E-state index contributed by atoms with van der Waals surface area (Å²) in [7, 11) is 1.78. The van der Waals surface area contributed by atoms with E-state index in [1.165, 1.54) is 6.33 Å². The molecule has 0 radical (unpaired) electrons. The summed E-state index contributed by atoms with van der Waals surface area (Å²) >= 11 is 0. The van der Waals surface area contributed by atoms with Gasteiger partial charge in [-0.1, -0.05) is 0 Å². The fourth-order valence-electron chi connectivity index (χ4n) is 1.02. The van der Waals surface area contributed by atoms with Crippen LogP contribution >= 0.6 is 0 Å². The Kier molecular flexibility index (Phi) is 1.18. The maximum Gasteiger partial charge on any atom is 0.192 e. The molecule has 0 saturated carbocycles. The first-order valence-corrected chi connectivity index (χ1v) is 3.32. The van der Waals surface area contributed by atoms with Gasteiger partial charge >= 0.3 is 0 Å². The van der Waals surface area contributed by atoms with Crippen molar-refractivity contribution in [3.63, 3.8) is 0 Å². The predicted molar refractivity (Wildman–Crippen MR) is 39.5 cm³/mol. The molecule has 62 valence electrons. The van der Waals surface area contributed by atoms with Gasteiger partial charge in [-0.15, -0.1) is 0 Å². The van der Waals surface area contributed by atoms with E-state index in [2.05, 4.69) is 9.97 Å². The van der Waals surface area contributed by atoms with Crippen LogP contribution in [-0.4, -0.2) is 24.5 Å². The second-order valence-corrected chi connectivity index (χ2v) is 2.47. The average molecular weight is 165 g/mol. The number of fused-ring (bicyclic) bond motifs is 1. The number of imidazole rings is 1. The summed E-state index contributed by atoms with van der Waals surface area (Å²) in [4.78, 5) is 7.81. The van der Waals surface area contributed by atoms with E-state index in [-0.39, 0.29) is 5.49 Å². The van der Waals surface area contributed by atoms with Gasteiger partial charge in [0.05, 0.1) is 6.33 Å². The van der Waals surface area contributed by atoms with Gasteiger partial charge in [0.15, 0.2) is 16.7 Å². The van der Waals surface area contributed by atoms with E-state index in [1.807, 2.05) is 0 Å². The lowest BCUT2D eigenvalue weighted by atomic mass is 10.5. The summed E-state index contributed by atoms with van der Waals surface area (Å²) in [6, 6.07) is 0. The van der Waals surface area contributed by atoms with E-state index in [0.29, 0.717) is 15.9 Å². The van der Waals surface area contributed by atoms with Crippen LogP contribution in [0.5, 0.6) is 0 Å². The van der Waals surface area contributed by atoms with Crippen molar-refractivity contribution < 1.29 is 5.21 Å². The molecule has 6 heteroatoms. The highest BCUT2D eigenvalue weighted by molar-refractivity contribution is 5.68. The first kappa shape index (κ1) is 6.84. The van der Waals surface area contributed by atoms with E-state index in [9.17, 15) is 0 Å². The maximum atomic E-state index is 9.04. The molecule has 0 aliphatic heterocycles. The molecule has 0 aliphatic carbocycles. The van der Waals surface area contributed by atoms with Crippen LogP contribution in [0.3, 0.4) is 0 Å². The monoisotopic (exact) mass is 165 g/mol. The minimum Gasteiger partial charge on any atom is -0.425 e. The van der Waals surface area contributed by atoms with Crippen molar-refractivity contribution in [1.29, 1.82) is 5.41 Å². The van der Waals surface area contributed by atoms with Crippen molar-refractivity contribution >= 4 is 11.2 Å². The number of nitrogens with zero attached hydrogens (tertiary/aromatic N) is 4. The lowest BCUT2D eigenvalue weighted by Crippen LogP contribution is -2.18. The standard InChI is InChI=1S/C6H7N5O/c1-10-2-8-4-5(7)11(12)3-9-6(4)10/h2-3,7,12H,1H3. The Morgan fingerprint density at radius 1 is 1.42 bits per heavy atom. The third-order valence-electron chi connectivity index (χ3n) is 1.65. The first-order valence-electron chi connectivity index (χ1n) is 3.32. The van der Waals surface area contributed by atoms with Gasteiger partial charge in [0, 0.05) is 7.05 Å². The molecule has 2 aromatic heterocycles. The van der Waals surface area contributed by atoms with Gasteiger partial charge in [0.2, 0.25) is 0 Å². The van der Waals surface area contributed by atoms with Crippen LogP contribution < -0.4 is 5.49 Å². The van der Waals surface area contributed by atoms with Gasteiger partial charge in [0.1, 0.15) is 6.33 Å². The van der Waals surface area contributed by atoms with Gasteiger partial charge in [-0.3, -0.25) is 5.41 Å². The van der Waals surface area contributed by atoms with Crippen molar-refractivity contribution in [2.45, 2.75) is 0 Å². The average Bonchev–Trinajstić information content (AvgIpc) is 2.41. The Morgan fingerprint density at radius 2 is 2.17 bits per heavy atom. The van der Waals surface area contributed by atoms with Crippen molar-refractivity contribution in [2.75, 3.05) is 0 Å². The summed E-state index contributed by atoms with van der Waals surface area (Å²) in [6.07, 6.45) is 2.72. The maximum absolute atomic E-state index is 9.04. The Labute approximate surface area is 67.2 Å². The molecular weight excluding hydrogens is 158 g/mol. The minimum atomic E-state index is -0.0550. The van der Waals surface area contributed by atoms with Crippen molar-refractivity contribution in [3.05, 3.63) is 18.1 Å². The van der Waals surface area contributed by atoms with E-state index in [4.69, 9.17) is 10.6 Å².